The molecule has 3 saturated carbocycles. The second-order valence-electron chi connectivity index (χ2n) is 10.9. The molecule has 4 aliphatic rings. The molecule has 0 heterocycles. The maximum Gasteiger partial charge on any atom is 0.312 e. The minimum Gasteiger partial charge on any atom is -0.469 e. The van der Waals surface area contributed by atoms with Gasteiger partial charge in [-0.25, -0.2) is 0 Å². The molecule has 8 unspecified atom stereocenters. The first-order valence-corrected chi connectivity index (χ1v) is 11.9. The van der Waals surface area contributed by atoms with Crippen LogP contribution in [0, 0.1) is 46.3 Å². The molecule has 0 aromatic heterocycles. The molecule has 3 fully saturated rings. The van der Waals surface area contributed by atoms with Crippen LogP contribution in [0.15, 0.2) is 36.0 Å². The van der Waals surface area contributed by atoms with E-state index in [9.17, 15) is 9.59 Å². The Labute approximate surface area is 182 Å². The van der Waals surface area contributed by atoms with E-state index in [1.807, 2.05) is 25.2 Å². The van der Waals surface area contributed by atoms with Crippen LogP contribution in [0.2, 0.25) is 0 Å². The van der Waals surface area contributed by atoms with Crippen molar-refractivity contribution in [2.45, 2.75) is 66.2 Å². The second kappa shape index (κ2) is 7.80. The maximum absolute atomic E-state index is 11.9. The summed E-state index contributed by atoms with van der Waals surface area (Å²) in [4.78, 5) is 23.7. The summed E-state index contributed by atoms with van der Waals surface area (Å²) in [7, 11) is 1.46. The molecule has 0 N–H and O–H groups in total. The molecule has 3 heteroatoms. The lowest BCUT2D eigenvalue weighted by atomic mass is 9.47. The van der Waals surface area contributed by atoms with E-state index >= 15 is 0 Å². The molecule has 0 spiro atoms. The van der Waals surface area contributed by atoms with Crippen molar-refractivity contribution in [3.05, 3.63) is 36.0 Å². The third-order valence-electron chi connectivity index (χ3n) is 9.54. The average Bonchev–Trinajstić information content (AvgIpc) is 3.09. The highest BCUT2D eigenvalue weighted by Gasteiger charge is 2.58. The van der Waals surface area contributed by atoms with Crippen LogP contribution in [-0.4, -0.2) is 18.9 Å². The zero-order chi connectivity index (χ0) is 21.7. The zero-order valence-electron chi connectivity index (χ0n) is 19.3. The van der Waals surface area contributed by atoms with Gasteiger partial charge in [-0.2, -0.15) is 0 Å². The van der Waals surface area contributed by atoms with Gasteiger partial charge in [0.2, 0.25) is 0 Å². The molecule has 0 aromatic carbocycles. The Kier molecular flexibility index (Phi) is 5.61. The van der Waals surface area contributed by atoms with Crippen LogP contribution in [0.1, 0.15) is 66.2 Å². The van der Waals surface area contributed by atoms with Crippen LogP contribution in [0.4, 0.5) is 0 Å². The summed E-state index contributed by atoms with van der Waals surface area (Å²) in [5, 5.41) is 0. The van der Waals surface area contributed by atoms with E-state index in [2.05, 4.69) is 32.9 Å². The van der Waals surface area contributed by atoms with Gasteiger partial charge in [-0.15, -0.1) is 0 Å². The van der Waals surface area contributed by atoms with Crippen LogP contribution in [0.3, 0.4) is 0 Å². The van der Waals surface area contributed by atoms with Crippen molar-refractivity contribution in [1.82, 2.24) is 0 Å². The standard InChI is InChI=1S/C27H38O3/c1-17(6-7-18(2)25(29)30-5)22-10-11-23-21-9-8-19-16-20(28)12-14-26(19,3)24(21)13-15-27(22,23)4/h6-7,12,14,16-18,21-24H,8-11,13,15H2,1-5H3. The van der Waals surface area contributed by atoms with Crippen LogP contribution in [-0.2, 0) is 14.3 Å². The minimum absolute atomic E-state index is 0.0811. The molecule has 164 valence electrons. The number of carbonyl (C=O) groups is 2. The minimum atomic E-state index is -0.178. The fraction of sp³-hybridized carbons (Fsp3) is 0.704. The van der Waals surface area contributed by atoms with E-state index in [0.29, 0.717) is 23.2 Å². The van der Waals surface area contributed by atoms with Crippen LogP contribution >= 0.6 is 0 Å². The van der Waals surface area contributed by atoms with Crippen molar-refractivity contribution in [1.29, 1.82) is 0 Å². The molecule has 0 aromatic rings. The largest absolute Gasteiger partial charge is 0.469 e. The van der Waals surface area contributed by atoms with Crippen molar-refractivity contribution in [3.8, 4) is 0 Å². The molecular formula is C27H38O3. The SMILES string of the molecule is COC(=O)C(C)C=CC(C)C1CCC2C3CCC4=CC(=O)C=CC4(C)C3CCC12C. The molecular weight excluding hydrogens is 372 g/mol. The van der Waals surface area contributed by atoms with Crippen LogP contribution in [0.25, 0.3) is 0 Å². The summed E-state index contributed by atoms with van der Waals surface area (Å²) in [6, 6.07) is 0. The third-order valence-corrected chi connectivity index (χ3v) is 9.54. The summed E-state index contributed by atoms with van der Waals surface area (Å²) in [5.74, 6) is 3.20. The lowest BCUT2D eigenvalue weighted by Gasteiger charge is -2.57. The molecule has 0 bridgehead atoms. The number of methoxy groups -OCH3 is 1. The van der Waals surface area contributed by atoms with Gasteiger partial charge in [0.1, 0.15) is 0 Å². The highest BCUT2D eigenvalue weighted by molar-refractivity contribution is 6.01. The lowest BCUT2D eigenvalue weighted by Crippen LogP contribution is -2.50. The van der Waals surface area contributed by atoms with Gasteiger partial charge in [0.05, 0.1) is 13.0 Å². The average molecular weight is 411 g/mol. The molecule has 30 heavy (non-hydrogen) atoms. The van der Waals surface area contributed by atoms with E-state index in [4.69, 9.17) is 4.74 Å². The number of esters is 1. The van der Waals surface area contributed by atoms with E-state index in [1.165, 1.54) is 44.8 Å². The van der Waals surface area contributed by atoms with Crippen LogP contribution < -0.4 is 0 Å². The van der Waals surface area contributed by atoms with Crippen molar-refractivity contribution in [2.75, 3.05) is 7.11 Å². The number of carbonyl (C=O) groups excluding carboxylic acids is 2. The highest BCUT2D eigenvalue weighted by Crippen LogP contribution is 2.66. The molecule has 4 rings (SSSR count). The summed E-state index contributed by atoms with van der Waals surface area (Å²) in [6.45, 7) is 9.18. The predicted octanol–water partition coefficient (Wildman–Crippen LogP) is 5.91. The predicted molar refractivity (Wildman–Crippen MR) is 120 cm³/mol. The summed E-state index contributed by atoms with van der Waals surface area (Å²) in [5.41, 5.74) is 1.84. The van der Waals surface area contributed by atoms with Gasteiger partial charge in [0, 0.05) is 5.41 Å². The fourth-order valence-electron chi connectivity index (χ4n) is 7.84. The maximum atomic E-state index is 11.9. The van der Waals surface area contributed by atoms with Crippen LogP contribution in [0.5, 0.6) is 0 Å². The quantitative estimate of drug-likeness (QED) is 0.427. The molecule has 0 saturated heterocycles. The topological polar surface area (TPSA) is 43.4 Å². The first-order chi connectivity index (χ1) is 14.2. The smallest absolute Gasteiger partial charge is 0.312 e. The lowest BCUT2D eigenvalue weighted by molar-refractivity contribution is -0.143. The molecule has 0 radical (unpaired) electrons. The summed E-state index contributed by atoms with van der Waals surface area (Å²) < 4.78 is 4.87. The van der Waals surface area contributed by atoms with Gasteiger partial charge in [0.25, 0.3) is 0 Å². The number of ether oxygens (including phenoxy) is 1. The Morgan fingerprint density at radius 3 is 2.63 bits per heavy atom. The molecule has 8 atom stereocenters. The Morgan fingerprint density at radius 1 is 1.13 bits per heavy atom. The van der Waals surface area contributed by atoms with E-state index < -0.39 is 0 Å². The van der Waals surface area contributed by atoms with Gasteiger partial charge >= 0.3 is 5.97 Å². The number of hydrogen-bond acceptors (Lipinski definition) is 3. The van der Waals surface area contributed by atoms with Crippen molar-refractivity contribution in [2.24, 2.45) is 46.3 Å². The van der Waals surface area contributed by atoms with Crippen molar-refractivity contribution >= 4 is 11.8 Å². The summed E-state index contributed by atoms with van der Waals surface area (Å²) >= 11 is 0. The molecule has 0 amide bonds. The van der Waals surface area contributed by atoms with E-state index in [1.54, 1.807) is 0 Å². The van der Waals surface area contributed by atoms with Gasteiger partial charge in [-0.1, -0.05) is 44.6 Å². The monoisotopic (exact) mass is 410 g/mol. The first-order valence-electron chi connectivity index (χ1n) is 11.9. The Bertz CT molecular complexity index is 805. The second-order valence-corrected chi connectivity index (χ2v) is 10.9. The number of hydrogen-bond donors (Lipinski definition) is 0. The van der Waals surface area contributed by atoms with E-state index in [-0.39, 0.29) is 23.1 Å². The fourth-order valence-corrected chi connectivity index (χ4v) is 7.84. The number of allylic oxidation sites excluding steroid dienone is 5. The number of fused-ring (bicyclic) bond motifs is 5. The van der Waals surface area contributed by atoms with E-state index in [0.717, 1.165) is 18.3 Å². The van der Waals surface area contributed by atoms with Crippen molar-refractivity contribution in [3.63, 3.8) is 0 Å². The van der Waals surface area contributed by atoms with Gasteiger partial charge in [-0.3, -0.25) is 9.59 Å². The molecule has 4 aliphatic carbocycles. The Balaban J connectivity index is 1.52. The normalized spacial score (nSPS) is 42.2. The number of ketones is 1. The Hall–Kier alpha value is -1.64. The first kappa shape index (κ1) is 21.6. The molecule has 3 nitrogen and oxygen atoms in total. The zero-order valence-corrected chi connectivity index (χ0v) is 19.3. The number of rotatable bonds is 4. The van der Waals surface area contributed by atoms with Gasteiger partial charge < -0.3 is 4.74 Å². The highest BCUT2D eigenvalue weighted by atomic mass is 16.5. The summed E-state index contributed by atoms with van der Waals surface area (Å²) in [6.07, 6.45) is 17.8. The van der Waals surface area contributed by atoms with Gasteiger partial charge in [0.15, 0.2) is 5.78 Å². The van der Waals surface area contributed by atoms with Gasteiger partial charge in [-0.05, 0) is 92.6 Å². The van der Waals surface area contributed by atoms with Crippen molar-refractivity contribution < 1.29 is 14.3 Å². The Morgan fingerprint density at radius 2 is 1.90 bits per heavy atom. The molecule has 0 aliphatic heterocycles. The third kappa shape index (κ3) is 3.33.